The quantitative estimate of drug-likeness (QED) is 0.686. The summed E-state index contributed by atoms with van der Waals surface area (Å²) in [5.74, 6) is 0.948. The Morgan fingerprint density at radius 1 is 1.07 bits per heavy atom. The van der Waals surface area contributed by atoms with E-state index in [1.54, 1.807) is 36.4 Å². The summed E-state index contributed by atoms with van der Waals surface area (Å²) in [6, 6.07) is 10.6. The monoisotopic (exact) mass is 394 g/mol. The molecule has 0 radical (unpaired) electrons. The zero-order chi connectivity index (χ0) is 20.1. The highest BCUT2D eigenvalue weighted by atomic mass is 16.5. The average Bonchev–Trinajstić information content (AvgIpc) is 3.45. The lowest BCUT2D eigenvalue weighted by Crippen LogP contribution is -2.36. The number of carbonyl (C=O) groups excluding carboxylic acids is 2. The molecule has 0 aliphatic carbocycles. The SMILES string of the molecule is O=C(CCc1nc(-c2ccco2)no1)Nc1ccccc1C(=O)N1CCCCC1. The maximum absolute atomic E-state index is 12.8. The molecule has 1 fully saturated rings. The first kappa shape index (κ1) is 18.9. The number of aromatic nitrogens is 2. The zero-order valence-corrected chi connectivity index (χ0v) is 16.0. The minimum atomic E-state index is -0.221. The van der Waals surface area contributed by atoms with Crippen molar-refractivity contribution in [3.05, 3.63) is 54.1 Å². The molecule has 1 saturated heterocycles. The van der Waals surface area contributed by atoms with Crippen LogP contribution in [-0.4, -0.2) is 39.9 Å². The summed E-state index contributed by atoms with van der Waals surface area (Å²) < 4.78 is 10.4. The molecule has 1 aromatic carbocycles. The van der Waals surface area contributed by atoms with Crippen LogP contribution in [0, 0.1) is 0 Å². The van der Waals surface area contributed by atoms with Gasteiger partial charge in [0.1, 0.15) is 0 Å². The van der Waals surface area contributed by atoms with Crippen molar-refractivity contribution in [2.45, 2.75) is 32.1 Å². The molecule has 0 atom stereocenters. The second-order valence-electron chi connectivity index (χ2n) is 6.94. The Morgan fingerprint density at radius 3 is 2.69 bits per heavy atom. The Bertz CT molecular complexity index is 974. The van der Waals surface area contributed by atoms with Crippen LogP contribution in [0.15, 0.2) is 51.6 Å². The van der Waals surface area contributed by atoms with Gasteiger partial charge in [0.25, 0.3) is 5.91 Å². The fraction of sp³-hybridized carbons (Fsp3) is 0.333. The van der Waals surface area contributed by atoms with E-state index in [0.717, 1.165) is 32.4 Å². The highest BCUT2D eigenvalue weighted by molar-refractivity contribution is 6.03. The molecule has 8 nitrogen and oxygen atoms in total. The van der Waals surface area contributed by atoms with Gasteiger partial charge in [0.2, 0.25) is 17.6 Å². The van der Waals surface area contributed by atoms with E-state index in [0.29, 0.717) is 35.1 Å². The third-order valence-corrected chi connectivity index (χ3v) is 4.85. The average molecular weight is 394 g/mol. The van der Waals surface area contributed by atoms with Gasteiger partial charge in [0.15, 0.2) is 5.76 Å². The minimum absolute atomic E-state index is 0.0411. The van der Waals surface area contributed by atoms with E-state index < -0.39 is 0 Å². The topological polar surface area (TPSA) is 101 Å². The van der Waals surface area contributed by atoms with Crippen molar-refractivity contribution in [1.82, 2.24) is 15.0 Å². The van der Waals surface area contributed by atoms with Gasteiger partial charge in [-0.05, 0) is 43.5 Å². The van der Waals surface area contributed by atoms with Crippen molar-refractivity contribution >= 4 is 17.5 Å². The van der Waals surface area contributed by atoms with Crippen molar-refractivity contribution in [2.24, 2.45) is 0 Å². The van der Waals surface area contributed by atoms with Crippen molar-refractivity contribution in [1.29, 1.82) is 0 Å². The number of likely N-dealkylation sites (tertiary alicyclic amines) is 1. The second kappa shape index (κ2) is 8.72. The van der Waals surface area contributed by atoms with Gasteiger partial charge in [-0.2, -0.15) is 4.98 Å². The number of nitrogens with one attached hydrogen (secondary N) is 1. The highest BCUT2D eigenvalue weighted by Gasteiger charge is 2.21. The molecule has 0 saturated carbocycles. The fourth-order valence-corrected chi connectivity index (χ4v) is 3.34. The van der Waals surface area contributed by atoms with Gasteiger partial charge in [-0.3, -0.25) is 9.59 Å². The normalized spacial score (nSPS) is 14.0. The lowest BCUT2D eigenvalue weighted by molar-refractivity contribution is -0.116. The van der Waals surface area contributed by atoms with Crippen LogP contribution in [0.1, 0.15) is 41.9 Å². The Kier molecular flexibility index (Phi) is 5.69. The molecule has 1 aliphatic heterocycles. The maximum Gasteiger partial charge on any atom is 0.255 e. The summed E-state index contributed by atoms with van der Waals surface area (Å²) in [6.45, 7) is 1.52. The predicted octanol–water partition coefficient (Wildman–Crippen LogP) is 3.53. The van der Waals surface area contributed by atoms with Gasteiger partial charge in [-0.1, -0.05) is 17.3 Å². The van der Waals surface area contributed by atoms with E-state index in [-0.39, 0.29) is 18.2 Å². The molecular formula is C21H22N4O4. The second-order valence-corrected chi connectivity index (χ2v) is 6.94. The Balaban J connectivity index is 1.37. The Labute approximate surface area is 167 Å². The third kappa shape index (κ3) is 4.53. The van der Waals surface area contributed by atoms with Crippen LogP contribution in [0.3, 0.4) is 0 Å². The summed E-state index contributed by atoms with van der Waals surface area (Å²) in [4.78, 5) is 31.3. The lowest BCUT2D eigenvalue weighted by atomic mass is 10.1. The highest BCUT2D eigenvalue weighted by Crippen LogP contribution is 2.21. The molecule has 29 heavy (non-hydrogen) atoms. The molecule has 2 amide bonds. The summed E-state index contributed by atoms with van der Waals surface area (Å²) in [5.41, 5.74) is 1.04. The van der Waals surface area contributed by atoms with Crippen LogP contribution in [0.25, 0.3) is 11.6 Å². The molecule has 0 bridgehead atoms. The summed E-state index contributed by atoms with van der Waals surface area (Å²) >= 11 is 0. The molecule has 3 heterocycles. The Morgan fingerprint density at radius 2 is 1.90 bits per heavy atom. The molecule has 150 valence electrons. The standard InChI is InChI=1S/C21H22N4O4/c26-18(10-11-19-23-20(24-29-19)17-9-6-14-28-17)22-16-8-3-2-7-15(16)21(27)25-12-4-1-5-13-25/h2-3,6-9,14H,1,4-5,10-13H2,(H,22,26). The number of aryl methyl sites for hydroxylation is 1. The van der Waals surface area contributed by atoms with Crippen LogP contribution in [0.5, 0.6) is 0 Å². The molecule has 0 spiro atoms. The van der Waals surface area contributed by atoms with E-state index in [4.69, 9.17) is 8.94 Å². The maximum atomic E-state index is 12.8. The molecule has 3 aromatic rings. The van der Waals surface area contributed by atoms with E-state index in [2.05, 4.69) is 15.5 Å². The molecule has 1 N–H and O–H groups in total. The van der Waals surface area contributed by atoms with Gasteiger partial charge in [0, 0.05) is 25.9 Å². The summed E-state index contributed by atoms with van der Waals surface area (Å²) in [7, 11) is 0. The van der Waals surface area contributed by atoms with Crippen molar-refractivity contribution in [2.75, 3.05) is 18.4 Å². The number of amides is 2. The van der Waals surface area contributed by atoms with Gasteiger partial charge >= 0.3 is 0 Å². The molecule has 1 aliphatic rings. The van der Waals surface area contributed by atoms with Gasteiger partial charge < -0.3 is 19.2 Å². The first-order valence-corrected chi connectivity index (χ1v) is 9.75. The Hall–Kier alpha value is -3.42. The van der Waals surface area contributed by atoms with Crippen LogP contribution >= 0.6 is 0 Å². The first-order chi connectivity index (χ1) is 14.2. The number of piperidine rings is 1. The smallest absolute Gasteiger partial charge is 0.255 e. The van der Waals surface area contributed by atoms with Crippen LogP contribution in [0.2, 0.25) is 0 Å². The zero-order valence-electron chi connectivity index (χ0n) is 16.0. The number of nitrogens with zero attached hydrogens (tertiary/aromatic N) is 3. The van der Waals surface area contributed by atoms with E-state index in [1.807, 2.05) is 4.90 Å². The number of hydrogen-bond donors (Lipinski definition) is 1. The van der Waals surface area contributed by atoms with Crippen LogP contribution in [-0.2, 0) is 11.2 Å². The number of hydrogen-bond acceptors (Lipinski definition) is 6. The van der Waals surface area contributed by atoms with E-state index >= 15 is 0 Å². The number of anilines is 1. The number of rotatable bonds is 6. The largest absolute Gasteiger partial charge is 0.461 e. The third-order valence-electron chi connectivity index (χ3n) is 4.85. The van der Waals surface area contributed by atoms with Crippen molar-refractivity contribution in [3.63, 3.8) is 0 Å². The van der Waals surface area contributed by atoms with Gasteiger partial charge in [0.05, 0.1) is 17.5 Å². The predicted molar refractivity (Wildman–Crippen MR) is 105 cm³/mol. The summed E-state index contributed by atoms with van der Waals surface area (Å²) in [6.07, 6.45) is 5.17. The fourth-order valence-electron chi connectivity index (χ4n) is 3.34. The van der Waals surface area contributed by atoms with E-state index in [1.165, 1.54) is 6.26 Å². The summed E-state index contributed by atoms with van der Waals surface area (Å²) in [5, 5.41) is 6.69. The minimum Gasteiger partial charge on any atom is -0.461 e. The molecular weight excluding hydrogens is 372 g/mol. The lowest BCUT2D eigenvalue weighted by Gasteiger charge is -2.27. The number of furan rings is 1. The number of para-hydroxylation sites is 1. The molecule has 0 unspecified atom stereocenters. The van der Waals surface area contributed by atoms with Crippen LogP contribution < -0.4 is 5.32 Å². The first-order valence-electron chi connectivity index (χ1n) is 9.75. The van der Waals surface area contributed by atoms with Gasteiger partial charge in [-0.25, -0.2) is 0 Å². The van der Waals surface area contributed by atoms with Crippen molar-refractivity contribution in [3.8, 4) is 11.6 Å². The van der Waals surface area contributed by atoms with Crippen molar-refractivity contribution < 1.29 is 18.5 Å². The van der Waals surface area contributed by atoms with E-state index in [9.17, 15) is 9.59 Å². The number of benzene rings is 1. The number of carbonyl (C=O) groups is 2. The molecule has 2 aromatic heterocycles. The molecule has 8 heteroatoms. The van der Waals surface area contributed by atoms with Crippen LogP contribution in [0.4, 0.5) is 5.69 Å². The van der Waals surface area contributed by atoms with Gasteiger partial charge in [-0.15, -0.1) is 0 Å². The molecule has 4 rings (SSSR count).